The van der Waals surface area contributed by atoms with Gasteiger partial charge in [-0.1, -0.05) is 12.1 Å². The largest absolute Gasteiger partial charge is 0.366 e. The molecule has 3 atom stereocenters. The summed E-state index contributed by atoms with van der Waals surface area (Å²) in [6, 6.07) is 12.6. The zero-order valence-electron chi connectivity index (χ0n) is 21.8. The summed E-state index contributed by atoms with van der Waals surface area (Å²) in [6.45, 7) is -0.0536. The first-order valence-corrected chi connectivity index (χ1v) is 13.2. The van der Waals surface area contributed by atoms with Gasteiger partial charge in [-0.25, -0.2) is 13.2 Å². The molecule has 2 aromatic carbocycles. The Kier molecular flexibility index (Phi) is 6.66. The van der Waals surface area contributed by atoms with Gasteiger partial charge in [-0.05, 0) is 72.6 Å². The van der Waals surface area contributed by atoms with Crippen molar-refractivity contribution in [3.63, 3.8) is 0 Å². The van der Waals surface area contributed by atoms with Crippen molar-refractivity contribution in [2.45, 2.75) is 44.1 Å². The first-order chi connectivity index (χ1) is 19.7. The highest BCUT2D eigenvalue weighted by molar-refractivity contribution is 5.94. The third-order valence-electron chi connectivity index (χ3n) is 7.93. The number of halogens is 3. The van der Waals surface area contributed by atoms with Crippen LogP contribution in [0.1, 0.15) is 63.2 Å². The molecule has 1 saturated carbocycles. The quantitative estimate of drug-likeness (QED) is 0.313. The van der Waals surface area contributed by atoms with Crippen LogP contribution < -0.4 is 5.73 Å². The summed E-state index contributed by atoms with van der Waals surface area (Å²) < 4.78 is 44.0. The second-order valence-electron chi connectivity index (χ2n) is 10.7. The van der Waals surface area contributed by atoms with E-state index in [0.29, 0.717) is 39.9 Å². The van der Waals surface area contributed by atoms with Crippen molar-refractivity contribution >= 4 is 11.7 Å². The molecule has 6 rings (SSSR count). The number of nitriles is 1. The van der Waals surface area contributed by atoms with Crippen LogP contribution in [0.15, 0.2) is 54.7 Å². The highest BCUT2D eigenvalue weighted by atomic mass is 19.1. The van der Waals surface area contributed by atoms with E-state index in [2.05, 4.69) is 16.2 Å². The van der Waals surface area contributed by atoms with E-state index in [1.54, 1.807) is 16.8 Å². The molecule has 0 radical (unpaired) electrons. The average molecular weight is 556 g/mol. The summed E-state index contributed by atoms with van der Waals surface area (Å²) in [7, 11) is 0. The minimum atomic E-state index is -0.933. The van der Waals surface area contributed by atoms with Gasteiger partial charge >= 0.3 is 0 Å². The van der Waals surface area contributed by atoms with Gasteiger partial charge in [-0.15, -0.1) is 0 Å². The molecule has 2 N–H and O–H groups in total. The maximum absolute atomic E-state index is 14.2. The number of pyridine rings is 1. The Morgan fingerprint density at radius 2 is 1.90 bits per heavy atom. The van der Waals surface area contributed by atoms with Crippen molar-refractivity contribution in [2.24, 2.45) is 11.7 Å². The summed E-state index contributed by atoms with van der Waals surface area (Å²) in [4.78, 5) is 29.8. The lowest BCUT2D eigenvalue weighted by Crippen LogP contribution is -2.19. The van der Waals surface area contributed by atoms with Crippen LogP contribution in [0.2, 0.25) is 0 Å². The molecule has 0 saturated heterocycles. The normalized spacial score (nSPS) is 17.4. The van der Waals surface area contributed by atoms with E-state index in [9.17, 15) is 28.0 Å². The fourth-order valence-corrected chi connectivity index (χ4v) is 6.06. The Bertz CT molecular complexity index is 1740. The SMILES string of the molecule is N#Cc1nn(CC(=O)C[C@@H](Cc2cc(F)cc(F)c2)c2ncccc2-c2ccc(F)c(C(N)=O)c2)c2c1C1CC1C2. The molecule has 2 heterocycles. The summed E-state index contributed by atoms with van der Waals surface area (Å²) >= 11 is 0. The summed E-state index contributed by atoms with van der Waals surface area (Å²) in [5.74, 6) is -3.17. The number of carbonyl (C=O) groups excluding carboxylic acids is 2. The van der Waals surface area contributed by atoms with Gasteiger partial charge in [0.05, 0.1) is 17.8 Å². The van der Waals surface area contributed by atoms with Crippen molar-refractivity contribution < 1.29 is 22.8 Å². The summed E-state index contributed by atoms with van der Waals surface area (Å²) in [5, 5.41) is 14.0. The number of carbonyl (C=O) groups is 2. The second-order valence-corrected chi connectivity index (χ2v) is 10.7. The highest BCUT2D eigenvalue weighted by Crippen LogP contribution is 2.57. The minimum absolute atomic E-state index is 0.0462. The average Bonchev–Trinajstić information content (AvgIpc) is 3.46. The Labute approximate surface area is 233 Å². The van der Waals surface area contributed by atoms with Crippen molar-refractivity contribution in [1.29, 1.82) is 5.26 Å². The highest BCUT2D eigenvalue weighted by Gasteiger charge is 2.49. The van der Waals surface area contributed by atoms with Crippen molar-refractivity contribution in [1.82, 2.24) is 14.8 Å². The molecule has 4 aromatic rings. The van der Waals surface area contributed by atoms with Gasteiger partial charge in [0.1, 0.15) is 23.5 Å². The molecule has 0 aliphatic heterocycles. The predicted molar refractivity (Wildman–Crippen MR) is 142 cm³/mol. The van der Waals surface area contributed by atoms with E-state index >= 15 is 0 Å². The molecule has 1 amide bonds. The Morgan fingerprint density at radius 3 is 2.63 bits per heavy atom. The number of fused-ring (bicyclic) bond motifs is 3. The second kappa shape index (κ2) is 10.3. The lowest BCUT2D eigenvalue weighted by molar-refractivity contribution is -0.120. The standard InChI is InChI=1S/C31H24F3N5O2/c32-20-7-16(8-21(33)13-20)6-19(9-22(40)15-39-28-12-18-11-24(18)29(28)27(14-35)38-39)30-23(2-1-5-37-30)17-3-4-26(34)25(10-17)31(36)41/h1-5,7-8,10,13,18-19,24H,6,9,11-12,15H2,(H2,36,41)/t18?,19-,24?/m1/s1. The number of nitrogens with zero attached hydrogens (tertiary/aromatic N) is 4. The third-order valence-corrected chi connectivity index (χ3v) is 7.93. The van der Waals surface area contributed by atoms with E-state index in [-0.39, 0.29) is 30.7 Å². The van der Waals surface area contributed by atoms with E-state index in [1.807, 2.05) is 0 Å². The zero-order valence-corrected chi connectivity index (χ0v) is 21.8. The Morgan fingerprint density at radius 1 is 1.12 bits per heavy atom. The lowest BCUT2D eigenvalue weighted by Gasteiger charge is -2.20. The van der Waals surface area contributed by atoms with Gasteiger partial charge in [0.2, 0.25) is 0 Å². The molecule has 0 bridgehead atoms. The number of aromatic nitrogens is 3. The number of amides is 1. The van der Waals surface area contributed by atoms with Gasteiger partial charge in [0, 0.05) is 41.4 Å². The maximum atomic E-state index is 14.2. The topological polar surface area (TPSA) is 115 Å². The molecule has 2 aromatic heterocycles. The molecule has 0 spiro atoms. The van der Waals surface area contributed by atoms with Gasteiger partial charge in [-0.2, -0.15) is 10.4 Å². The minimum Gasteiger partial charge on any atom is -0.366 e. The van der Waals surface area contributed by atoms with Gasteiger partial charge < -0.3 is 5.73 Å². The Hall–Kier alpha value is -4.78. The maximum Gasteiger partial charge on any atom is 0.251 e. The van der Waals surface area contributed by atoms with E-state index in [0.717, 1.165) is 36.2 Å². The molecule has 2 unspecified atom stereocenters. The van der Waals surface area contributed by atoms with Gasteiger partial charge in [0.25, 0.3) is 5.91 Å². The first-order valence-electron chi connectivity index (χ1n) is 13.2. The molecule has 206 valence electrons. The van der Waals surface area contributed by atoms with Crippen LogP contribution in [-0.2, 0) is 24.2 Å². The Balaban J connectivity index is 1.36. The molecule has 2 aliphatic rings. The number of hydrogen-bond acceptors (Lipinski definition) is 5. The number of benzene rings is 2. The molecule has 7 nitrogen and oxygen atoms in total. The number of hydrogen-bond donors (Lipinski definition) is 1. The molecule has 41 heavy (non-hydrogen) atoms. The zero-order chi connectivity index (χ0) is 28.8. The van der Waals surface area contributed by atoms with E-state index < -0.39 is 29.3 Å². The number of ketones is 1. The van der Waals surface area contributed by atoms with Crippen LogP contribution in [0.3, 0.4) is 0 Å². The number of Topliss-reactive ketones (excluding diaryl/α,β-unsaturated/α-hetero) is 1. The fraction of sp³-hybridized carbons (Fsp3) is 0.258. The van der Waals surface area contributed by atoms with Crippen LogP contribution in [0.4, 0.5) is 13.2 Å². The van der Waals surface area contributed by atoms with Crippen LogP contribution in [-0.4, -0.2) is 26.5 Å². The predicted octanol–water partition coefficient (Wildman–Crippen LogP) is 4.98. The smallest absolute Gasteiger partial charge is 0.251 e. The summed E-state index contributed by atoms with van der Waals surface area (Å²) in [6.07, 6.45) is 3.39. The number of primary amides is 1. The molecular formula is C31H24F3N5O2. The molecule has 1 fully saturated rings. The number of rotatable bonds is 9. The molecular weight excluding hydrogens is 531 g/mol. The van der Waals surface area contributed by atoms with Crippen LogP contribution in [0.5, 0.6) is 0 Å². The van der Waals surface area contributed by atoms with Crippen molar-refractivity contribution in [2.75, 3.05) is 0 Å². The number of nitrogens with two attached hydrogens (primary N) is 1. The van der Waals surface area contributed by atoms with Gasteiger partial charge in [0.15, 0.2) is 11.5 Å². The fourth-order valence-electron chi connectivity index (χ4n) is 6.06. The first kappa shape index (κ1) is 26.4. The van der Waals surface area contributed by atoms with E-state index in [1.165, 1.54) is 30.5 Å². The summed E-state index contributed by atoms with van der Waals surface area (Å²) in [5.41, 5.74) is 9.04. The monoisotopic (exact) mass is 555 g/mol. The van der Waals surface area contributed by atoms with Crippen LogP contribution in [0, 0.1) is 34.7 Å². The van der Waals surface area contributed by atoms with Crippen LogP contribution >= 0.6 is 0 Å². The van der Waals surface area contributed by atoms with Crippen LogP contribution in [0.25, 0.3) is 11.1 Å². The van der Waals surface area contributed by atoms with Crippen molar-refractivity contribution in [3.8, 4) is 17.2 Å². The molecule has 2 aliphatic carbocycles. The van der Waals surface area contributed by atoms with Crippen molar-refractivity contribution in [3.05, 3.63) is 106 Å². The molecule has 10 heteroatoms. The third kappa shape index (κ3) is 5.11. The van der Waals surface area contributed by atoms with Gasteiger partial charge in [-0.3, -0.25) is 19.3 Å². The lowest BCUT2D eigenvalue weighted by atomic mass is 9.86. The van der Waals surface area contributed by atoms with E-state index in [4.69, 9.17) is 5.73 Å².